The van der Waals surface area contributed by atoms with E-state index in [-0.39, 0.29) is 5.69 Å². The molecule has 3 aromatic rings. The summed E-state index contributed by atoms with van der Waals surface area (Å²) in [4.78, 5) is 15.8. The van der Waals surface area contributed by atoms with Gasteiger partial charge in [0, 0.05) is 12.7 Å². The van der Waals surface area contributed by atoms with Gasteiger partial charge < -0.3 is 9.67 Å². The third-order valence-electron chi connectivity index (χ3n) is 3.19. The van der Waals surface area contributed by atoms with Crippen LogP contribution in [-0.4, -0.2) is 25.0 Å². The molecule has 18 heavy (non-hydrogen) atoms. The Morgan fingerprint density at radius 2 is 2.17 bits per heavy atom. The largest absolute Gasteiger partial charge is 0.477 e. The number of carboxylic acid groups (broad SMARTS) is 1. The summed E-state index contributed by atoms with van der Waals surface area (Å²) in [6, 6.07) is 5.34. The van der Waals surface area contributed by atoms with Crippen LogP contribution in [0.3, 0.4) is 0 Å². The van der Waals surface area contributed by atoms with Crippen LogP contribution >= 0.6 is 11.6 Å². The molecular weight excluding hydrogens is 254 g/mol. The maximum absolute atomic E-state index is 11.4. The van der Waals surface area contributed by atoms with Crippen LogP contribution in [0.2, 0.25) is 5.02 Å². The quantitative estimate of drug-likeness (QED) is 0.734. The van der Waals surface area contributed by atoms with E-state index in [9.17, 15) is 9.90 Å². The highest BCUT2D eigenvalue weighted by atomic mass is 35.5. The highest BCUT2D eigenvalue weighted by Gasteiger charge is 2.22. The van der Waals surface area contributed by atoms with Gasteiger partial charge in [-0.3, -0.25) is 4.40 Å². The average Bonchev–Trinajstić information content (AvgIpc) is 2.79. The molecule has 0 unspecified atom stereocenters. The van der Waals surface area contributed by atoms with Crippen molar-refractivity contribution >= 4 is 34.4 Å². The number of rotatable bonds is 1. The Hall–Kier alpha value is -2.01. The summed E-state index contributed by atoms with van der Waals surface area (Å²) < 4.78 is 3.37. The Balaban J connectivity index is 2.62. The molecule has 0 aliphatic carbocycles. The van der Waals surface area contributed by atoms with Crippen molar-refractivity contribution in [1.29, 1.82) is 0 Å². The molecule has 3 rings (SSSR count). The summed E-state index contributed by atoms with van der Waals surface area (Å²) in [6.07, 6.45) is 0. The minimum Gasteiger partial charge on any atom is -0.477 e. The number of carbonyl (C=O) groups is 1. The Kier molecular flexibility index (Phi) is 2.15. The zero-order chi connectivity index (χ0) is 13.0. The third-order valence-corrected chi connectivity index (χ3v) is 3.50. The fourth-order valence-corrected chi connectivity index (χ4v) is 2.43. The van der Waals surface area contributed by atoms with Gasteiger partial charge in [0.2, 0.25) is 5.78 Å². The molecule has 0 aliphatic rings. The number of aromatic carboxylic acids is 1. The van der Waals surface area contributed by atoms with Crippen LogP contribution in [-0.2, 0) is 7.05 Å². The van der Waals surface area contributed by atoms with Gasteiger partial charge >= 0.3 is 5.97 Å². The first-order valence-electron chi connectivity index (χ1n) is 5.37. The zero-order valence-corrected chi connectivity index (χ0v) is 10.6. The van der Waals surface area contributed by atoms with Gasteiger partial charge in [-0.05, 0) is 19.1 Å². The lowest BCUT2D eigenvalue weighted by Crippen LogP contribution is -2.03. The second-order valence-electron chi connectivity index (χ2n) is 4.15. The van der Waals surface area contributed by atoms with Crippen molar-refractivity contribution in [2.45, 2.75) is 6.92 Å². The van der Waals surface area contributed by atoms with E-state index in [4.69, 9.17) is 11.6 Å². The lowest BCUT2D eigenvalue weighted by molar-refractivity contribution is 0.0688. The zero-order valence-electron chi connectivity index (χ0n) is 9.81. The van der Waals surface area contributed by atoms with Gasteiger partial charge in [0.05, 0.1) is 10.5 Å². The topological polar surface area (TPSA) is 59.5 Å². The van der Waals surface area contributed by atoms with E-state index in [1.54, 1.807) is 35.1 Å². The van der Waals surface area contributed by atoms with Crippen molar-refractivity contribution in [3.05, 3.63) is 34.6 Å². The molecule has 0 amide bonds. The number of hydrogen-bond donors (Lipinski definition) is 1. The molecule has 0 atom stereocenters. The van der Waals surface area contributed by atoms with Gasteiger partial charge in [-0.1, -0.05) is 17.7 Å². The standard InChI is InChI=1S/C12H10ClN3O2/c1-6-10(11(17)18)16-8-5-3-4-7(13)9(8)14-12(16)15(6)2/h3-5H,1-2H3,(H,17,18). The molecule has 6 heteroatoms. The molecule has 5 nitrogen and oxygen atoms in total. The monoisotopic (exact) mass is 263 g/mol. The van der Waals surface area contributed by atoms with E-state index < -0.39 is 5.97 Å². The summed E-state index contributed by atoms with van der Waals surface area (Å²) in [6.45, 7) is 1.76. The number of halogens is 1. The molecule has 0 saturated carbocycles. The lowest BCUT2D eigenvalue weighted by Gasteiger charge is -1.98. The second-order valence-corrected chi connectivity index (χ2v) is 4.56. The van der Waals surface area contributed by atoms with Crippen LogP contribution in [0.25, 0.3) is 16.8 Å². The Bertz CT molecular complexity index is 801. The van der Waals surface area contributed by atoms with Gasteiger partial charge in [0.15, 0.2) is 5.69 Å². The van der Waals surface area contributed by atoms with Crippen LogP contribution in [0, 0.1) is 6.92 Å². The van der Waals surface area contributed by atoms with Crippen molar-refractivity contribution in [2.75, 3.05) is 0 Å². The number of imidazole rings is 2. The summed E-state index contributed by atoms with van der Waals surface area (Å²) in [7, 11) is 1.79. The lowest BCUT2D eigenvalue weighted by atomic mass is 10.3. The van der Waals surface area contributed by atoms with Gasteiger partial charge in [-0.2, -0.15) is 0 Å². The van der Waals surface area contributed by atoms with Crippen LogP contribution in [0.4, 0.5) is 0 Å². The third kappa shape index (κ3) is 1.22. The number of hydrogen-bond acceptors (Lipinski definition) is 2. The molecule has 0 aliphatic heterocycles. The highest BCUT2D eigenvalue weighted by Crippen LogP contribution is 2.27. The van der Waals surface area contributed by atoms with E-state index in [1.807, 2.05) is 6.07 Å². The molecular formula is C12H10ClN3O2. The van der Waals surface area contributed by atoms with Crippen LogP contribution < -0.4 is 0 Å². The number of benzene rings is 1. The number of para-hydroxylation sites is 1. The molecule has 0 spiro atoms. The SMILES string of the molecule is Cc1c(C(=O)O)n2c3cccc(Cl)c3nc2n1C. The van der Waals surface area contributed by atoms with E-state index in [2.05, 4.69) is 4.98 Å². The number of carboxylic acids is 1. The fraction of sp³-hybridized carbons (Fsp3) is 0.167. The van der Waals surface area contributed by atoms with Crippen LogP contribution in [0.1, 0.15) is 16.2 Å². The Labute approximate surface area is 107 Å². The summed E-state index contributed by atoms with van der Waals surface area (Å²) in [5.41, 5.74) is 2.20. The van der Waals surface area contributed by atoms with Crippen molar-refractivity contribution in [3.8, 4) is 0 Å². The van der Waals surface area contributed by atoms with Crippen molar-refractivity contribution in [1.82, 2.24) is 14.0 Å². The average molecular weight is 264 g/mol. The summed E-state index contributed by atoms with van der Waals surface area (Å²) in [5.74, 6) is -0.398. The summed E-state index contributed by atoms with van der Waals surface area (Å²) in [5, 5.41) is 9.85. The van der Waals surface area contributed by atoms with Gasteiger partial charge in [-0.15, -0.1) is 0 Å². The molecule has 0 fully saturated rings. The first-order valence-corrected chi connectivity index (χ1v) is 5.75. The maximum atomic E-state index is 11.4. The number of nitrogens with zero attached hydrogens (tertiary/aromatic N) is 3. The minimum atomic E-state index is -0.975. The molecule has 0 radical (unpaired) electrons. The Morgan fingerprint density at radius 1 is 1.44 bits per heavy atom. The molecule has 1 aromatic carbocycles. The molecule has 2 aromatic heterocycles. The second kappa shape index (κ2) is 3.49. The van der Waals surface area contributed by atoms with Crippen molar-refractivity contribution in [2.24, 2.45) is 7.05 Å². The van der Waals surface area contributed by atoms with E-state index in [1.165, 1.54) is 0 Å². The molecule has 1 N–H and O–H groups in total. The van der Waals surface area contributed by atoms with Crippen LogP contribution in [0.15, 0.2) is 18.2 Å². The predicted molar refractivity (Wildman–Crippen MR) is 68.4 cm³/mol. The smallest absolute Gasteiger partial charge is 0.354 e. The first kappa shape index (κ1) is 11.1. The number of aryl methyl sites for hydroxylation is 1. The normalized spacial score (nSPS) is 11.5. The van der Waals surface area contributed by atoms with Crippen LogP contribution in [0.5, 0.6) is 0 Å². The van der Waals surface area contributed by atoms with Crippen molar-refractivity contribution in [3.63, 3.8) is 0 Å². The molecule has 2 heterocycles. The first-order chi connectivity index (χ1) is 8.52. The van der Waals surface area contributed by atoms with Crippen molar-refractivity contribution < 1.29 is 9.90 Å². The van der Waals surface area contributed by atoms with Gasteiger partial charge in [0.1, 0.15) is 5.52 Å². The molecule has 92 valence electrons. The van der Waals surface area contributed by atoms with Gasteiger partial charge in [0.25, 0.3) is 0 Å². The van der Waals surface area contributed by atoms with E-state index >= 15 is 0 Å². The highest BCUT2D eigenvalue weighted by molar-refractivity contribution is 6.35. The van der Waals surface area contributed by atoms with E-state index in [0.717, 1.165) is 0 Å². The maximum Gasteiger partial charge on any atom is 0.354 e. The predicted octanol–water partition coefficient (Wildman–Crippen LogP) is 2.49. The summed E-state index contributed by atoms with van der Waals surface area (Å²) >= 11 is 6.08. The minimum absolute atomic E-state index is 0.220. The molecule has 0 bridgehead atoms. The Morgan fingerprint density at radius 3 is 2.83 bits per heavy atom. The molecule has 0 saturated heterocycles. The van der Waals surface area contributed by atoms with E-state index in [0.29, 0.717) is 27.5 Å². The fourth-order valence-electron chi connectivity index (χ4n) is 2.22. The van der Waals surface area contributed by atoms with Gasteiger partial charge in [-0.25, -0.2) is 9.78 Å². The number of fused-ring (bicyclic) bond motifs is 3. The number of aromatic nitrogens is 3.